The lowest BCUT2D eigenvalue weighted by Crippen LogP contribution is -2.34. The Balaban J connectivity index is 4.34. The van der Waals surface area contributed by atoms with Crippen molar-refractivity contribution in [1.82, 2.24) is 4.90 Å². The SMILES string of the molecule is C=CC(=N)N(C=C)C(N)=O. The molecular weight excluding hydrogens is 130 g/mol. The highest BCUT2D eigenvalue weighted by molar-refractivity contribution is 6.02. The molecule has 0 aromatic carbocycles. The Morgan fingerprint density at radius 3 is 2.20 bits per heavy atom. The van der Waals surface area contributed by atoms with Gasteiger partial charge in [0, 0.05) is 6.20 Å². The molecule has 0 rings (SSSR count). The van der Waals surface area contributed by atoms with E-state index in [9.17, 15) is 4.79 Å². The summed E-state index contributed by atoms with van der Waals surface area (Å²) in [5, 5.41) is 7.06. The fourth-order valence-electron chi connectivity index (χ4n) is 0.405. The fraction of sp³-hybridized carbons (Fsp3) is 0. The quantitative estimate of drug-likeness (QED) is 0.428. The molecule has 0 bridgehead atoms. The lowest BCUT2D eigenvalue weighted by atomic mass is 10.5. The molecule has 3 N–H and O–H groups in total. The van der Waals surface area contributed by atoms with E-state index in [1.54, 1.807) is 0 Å². The third kappa shape index (κ3) is 1.74. The number of nitrogens with one attached hydrogen (secondary N) is 1. The maximum atomic E-state index is 10.4. The Labute approximate surface area is 59.1 Å². The van der Waals surface area contributed by atoms with E-state index in [0.717, 1.165) is 11.1 Å². The summed E-state index contributed by atoms with van der Waals surface area (Å²) < 4.78 is 0. The van der Waals surface area contributed by atoms with E-state index in [2.05, 4.69) is 13.2 Å². The molecule has 0 heterocycles. The van der Waals surface area contributed by atoms with Gasteiger partial charge in [-0.05, 0) is 6.08 Å². The molecule has 0 spiro atoms. The first-order valence-corrected chi connectivity index (χ1v) is 2.55. The minimum absolute atomic E-state index is 0.0810. The van der Waals surface area contributed by atoms with Gasteiger partial charge in [-0.1, -0.05) is 13.2 Å². The van der Waals surface area contributed by atoms with Gasteiger partial charge in [0.15, 0.2) is 0 Å². The summed E-state index contributed by atoms with van der Waals surface area (Å²) in [5.41, 5.74) is 4.85. The number of primary amides is 1. The molecular formula is C6H9N3O. The van der Waals surface area contributed by atoms with E-state index in [0.29, 0.717) is 0 Å². The van der Waals surface area contributed by atoms with Gasteiger partial charge >= 0.3 is 6.03 Å². The van der Waals surface area contributed by atoms with Crippen LogP contribution in [-0.4, -0.2) is 16.8 Å². The van der Waals surface area contributed by atoms with Gasteiger partial charge < -0.3 is 5.73 Å². The summed E-state index contributed by atoms with van der Waals surface area (Å²) in [4.78, 5) is 11.3. The van der Waals surface area contributed by atoms with Crippen LogP contribution in [0, 0.1) is 5.41 Å². The first-order chi connectivity index (χ1) is 4.63. The number of hydrogen-bond donors (Lipinski definition) is 2. The van der Waals surface area contributed by atoms with Crippen molar-refractivity contribution < 1.29 is 4.79 Å². The van der Waals surface area contributed by atoms with Gasteiger partial charge in [0.05, 0.1) is 0 Å². The number of rotatable bonds is 2. The van der Waals surface area contributed by atoms with Crippen LogP contribution in [0.1, 0.15) is 0 Å². The third-order valence-corrected chi connectivity index (χ3v) is 0.873. The van der Waals surface area contributed by atoms with Crippen LogP contribution in [0.5, 0.6) is 0 Å². The van der Waals surface area contributed by atoms with Crippen molar-refractivity contribution in [1.29, 1.82) is 5.41 Å². The minimum atomic E-state index is -0.736. The van der Waals surface area contributed by atoms with Crippen LogP contribution in [-0.2, 0) is 0 Å². The van der Waals surface area contributed by atoms with Gasteiger partial charge in [-0.3, -0.25) is 10.3 Å². The number of amidine groups is 1. The highest BCUT2D eigenvalue weighted by atomic mass is 16.2. The van der Waals surface area contributed by atoms with Gasteiger partial charge in [-0.15, -0.1) is 0 Å². The molecule has 0 aliphatic carbocycles. The smallest absolute Gasteiger partial charge is 0.324 e. The Bertz CT molecular complexity index is 185. The van der Waals surface area contributed by atoms with Gasteiger partial charge in [0.2, 0.25) is 0 Å². The normalized spacial score (nSPS) is 8.00. The molecule has 54 valence electrons. The topological polar surface area (TPSA) is 70.2 Å². The highest BCUT2D eigenvalue weighted by Gasteiger charge is 2.06. The molecule has 0 fully saturated rings. The monoisotopic (exact) mass is 139 g/mol. The van der Waals surface area contributed by atoms with Crippen molar-refractivity contribution in [2.45, 2.75) is 0 Å². The molecule has 0 aromatic rings. The lowest BCUT2D eigenvalue weighted by Gasteiger charge is -2.11. The predicted molar refractivity (Wildman–Crippen MR) is 39.5 cm³/mol. The number of nitrogens with two attached hydrogens (primary N) is 1. The van der Waals surface area contributed by atoms with E-state index < -0.39 is 6.03 Å². The van der Waals surface area contributed by atoms with Gasteiger partial charge in [-0.25, -0.2) is 4.79 Å². The average Bonchev–Trinajstić information content (AvgIpc) is 1.88. The van der Waals surface area contributed by atoms with E-state index >= 15 is 0 Å². The number of urea groups is 1. The number of carbonyl (C=O) groups is 1. The van der Waals surface area contributed by atoms with Crippen LogP contribution in [0.15, 0.2) is 25.4 Å². The summed E-state index contributed by atoms with van der Waals surface area (Å²) >= 11 is 0. The molecule has 0 radical (unpaired) electrons. The zero-order chi connectivity index (χ0) is 8.15. The molecule has 0 aliphatic rings. The van der Waals surface area contributed by atoms with Crippen molar-refractivity contribution in [2.75, 3.05) is 0 Å². The maximum absolute atomic E-state index is 10.4. The molecule has 0 saturated heterocycles. The number of hydrogen-bond acceptors (Lipinski definition) is 2. The first kappa shape index (κ1) is 8.42. The number of amides is 2. The molecule has 10 heavy (non-hydrogen) atoms. The first-order valence-electron chi connectivity index (χ1n) is 2.55. The van der Waals surface area contributed by atoms with Crippen molar-refractivity contribution in [2.24, 2.45) is 5.73 Å². The average molecular weight is 139 g/mol. The van der Waals surface area contributed by atoms with Crippen LogP contribution in [0.25, 0.3) is 0 Å². The lowest BCUT2D eigenvalue weighted by molar-refractivity contribution is 0.239. The van der Waals surface area contributed by atoms with Crippen LogP contribution in [0.2, 0.25) is 0 Å². The van der Waals surface area contributed by atoms with Crippen molar-refractivity contribution in [3.63, 3.8) is 0 Å². The predicted octanol–water partition coefficient (Wildman–Crippen LogP) is 0.674. The second-order valence-corrected chi connectivity index (χ2v) is 1.48. The molecule has 4 nitrogen and oxygen atoms in total. The van der Waals surface area contributed by atoms with E-state index in [1.807, 2.05) is 0 Å². The Kier molecular flexibility index (Phi) is 2.90. The zero-order valence-electron chi connectivity index (χ0n) is 5.50. The summed E-state index contributed by atoms with van der Waals surface area (Å²) in [6, 6.07) is -0.736. The zero-order valence-corrected chi connectivity index (χ0v) is 5.50. The van der Waals surface area contributed by atoms with Gasteiger partial charge in [0.25, 0.3) is 0 Å². The summed E-state index contributed by atoms with van der Waals surface area (Å²) in [5.74, 6) is -0.0810. The molecule has 0 aromatic heterocycles. The summed E-state index contributed by atoms with van der Waals surface area (Å²) in [6.45, 7) is 6.58. The number of carbonyl (C=O) groups excluding carboxylic acids is 1. The molecule has 2 amide bonds. The van der Waals surface area contributed by atoms with Crippen molar-refractivity contribution >= 4 is 11.9 Å². The van der Waals surface area contributed by atoms with E-state index in [1.165, 1.54) is 6.08 Å². The third-order valence-electron chi connectivity index (χ3n) is 0.873. The van der Waals surface area contributed by atoms with Crippen molar-refractivity contribution in [3.8, 4) is 0 Å². The summed E-state index contributed by atoms with van der Waals surface area (Å²) in [6.07, 6.45) is 2.36. The molecule has 0 atom stereocenters. The van der Waals surface area contributed by atoms with Crippen LogP contribution in [0.3, 0.4) is 0 Å². The Morgan fingerprint density at radius 1 is 1.60 bits per heavy atom. The Morgan fingerprint density at radius 2 is 2.10 bits per heavy atom. The van der Waals surface area contributed by atoms with E-state index in [-0.39, 0.29) is 5.84 Å². The van der Waals surface area contributed by atoms with Gasteiger partial charge in [-0.2, -0.15) is 0 Å². The number of nitrogens with zero attached hydrogens (tertiary/aromatic N) is 1. The van der Waals surface area contributed by atoms with Crippen LogP contribution in [0.4, 0.5) is 4.79 Å². The van der Waals surface area contributed by atoms with Crippen molar-refractivity contribution in [3.05, 3.63) is 25.4 Å². The minimum Gasteiger partial charge on any atom is -0.351 e. The Hall–Kier alpha value is -1.58. The molecule has 0 unspecified atom stereocenters. The van der Waals surface area contributed by atoms with E-state index in [4.69, 9.17) is 11.1 Å². The maximum Gasteiger partial charge on any atom is 0.324 e. The largest absolute Gasteiger partial charge is 0.351 e. The molecule has 0 saturated carbocycles. The van der Waals surface area contributed by atoms with Crippen LogP contribution < -0.4 is 5.73 Å². The molecule has 4 heteroatoms. The van der Waals surface area contributed by atoms with Gasteiger partial charge in [0.1, 0.15) is 5.84 Å². The molecule has 0 aliphatic heterocycles. The fourth-order valence-corrected chi connectivity index (χ4v) is 0.405. The second-order valence-electron chi connectivity index (χ2n) is 1.48. The highest BCUT2D eigenvalue weighted by Crippen LogP contribution is 1.89. The van der Waals surface area contributed by atoms with Crippen LogP contribution >= 0.6 is 0 Å². The summed E-state index contributed by atoms with van der Waals surface area (Å²) in [7, 11) is 0. The second kappa shape index (κ2) is 3.45. The standard InChI is InChI=1S/C6H9N3O/c1-3-5(7)9(4-2)6(8)10/h3-4,7H,1-2H2,(H2,8,10).